The number of carbonyl (C=O) groups excluding carboxylic acids is 1. The monoisotopic (exact) mass is 275 g/mol. The van der Waals surface area contributed by atoms with Crippen molar-refractivity contribution in [2.45, 2.75) is 25.0 Å². The van der Waals surface area contributed by atoms with Crippen molar-refractivity contribution in [3.05, 3.63) is 23.8 Å². The molecule has 3 rings (SSSR count). The quantitative estimate of drug-likeness (QED) is 0.878. The second-order valence-electron chi connectivity index (χ2n) is 5.43. The summed E-state index contributed by atoms with van der Waals surface area (Å²) in [4.78, 5) is 14.2. The lowest BCUT2D eigenvalue weighted by molar-refractivity contribution is -0.117. The van der Waals surface area contributed by atoms with Crippen molar-refractivity contribution in [3.8, 4) is 0 Å². The summed E-state index contributed by atoms with van der Waals surface area (Å²) in [5, 5.41) is 5.98. The van der Waals surface area contributed by atoms with Gasteiger partial charge in [-0.3, -0.25) is 4.79 Å². The van der Waals surface area contributed by atoms with Crippen LogP contribution in [0, 0.1) is 0 Å². The Kier molecular flexibility index (Phi) is 3.63. The number of ether oxygens (including phenoxy) is 1. The van der Waals surface area contributed by atoms with Crippen LogP contribution in [0.25, 0.3) is 0 Å². The molecule has 1 amide bonds. The molecule has 0 bridgehead atoms. The van der Waals surface area contributed by atoms with Crippen LogP contribution >= 0.6 is 0 Å². The van der Waals surface area contributed by atoms with E-state index in [0.29, 0.717) is 6.10 Å². The summed E-state index contributed by atoms with van der Waals surface area (Å²) >= 11 is 0. The van der Waals surface area contributed by atoms with Crippen molar-refractivity contribution >= 4 is 17.3 Å². The van der Waals surface area contributed by atoms with Crippen LogP contribution in [0.15, 0.2) is 18.2 Å². The number of anilines is 2. The highest BCUT2D eigenvalue weighted by atomic mass is 16.5. The van der Waals surface area contributed by atoms with Gasteiger partial charge < -0.3 is 20.3 Å². The van der Waals surface area contributed by atoms with Crippen molar-refractivity contribution in [3.63, 3.8) is 0 Å². The van der Waals surface area contributed by atoms with Gasteiger partial charge in [-0.15, -0.1) is 0 Å². The van der Waals surface area contributed by atoms with Crippen LogP contribution in [0.4, 0.5) is 11.4 Å². The van der Waals surface area contributed by atoms with Gasteiger partial charge in [0.15, 0.2) is 0 Å². The Hall–Kier alpha value is -1.59. The number of nitrogens with one attached hydrogen (secondary N) is 2. The first-order valence-corrected chi connectivity index (χ1v) is 7.12. The molecule has 0 radical (unpaired) electrons. The van der Waals surface area contributed by atoms with E-state index in [2.05, 4.69) is 27.7 Å². The highest BCUT2D eigenvalue weighted by molar-refractivity contribution is 6.03. The van der Waals surface area contributed by atoms with E-state index < -0.39 is 0 Å². The van der Waals surface area contributed by atoms with Gasteiger partial charge in [-0.2, -0.15) is 0 Å². The third kappa shape index (κ3) is 2.27. The summed E-state index contributed by atoms with van der Waals surface area (Å²) in [6.45, 7) is 1.96. The minimum Gasteiger partial charge on any atom is -0.380 e. The lowest BCUT2D eigenvalue weighted by atomic mass is 10.0. The van der Waals surface area contributed by atoms with Crippen molar-refractivity contribution in [1.29, 1.82) is 0 Å². The predicted molar refractivity (Wildman–Crippen MR) is 79.1 cm³/mol. The number of hydrogen-bond acceptors (Lipinski definition) is 4. The molecule has 2 N–H and O–H groups in total. The fourth-order valence-electron chi connectivity index (χ4n) is 3.10. The maximum atomic E-state index is 11.8. The van der Waals surface area contributed by atoms with Gasteiger partial charge in [-0.25, -0.2) is 0 Å². The molecule has 108 valence electrons. The summed E-state index contributed by atoms with van der Waals surface area (Å²) in [5.74, 6) is 0.0214. The minimum atomic E-state index is -0.230. The zero-order valence-electron chi connectivity index (χ0n) is 12.0. The molecule has 1 aromatic carbocycles. The van der Waals surface area contributed by atoms with Crippen LogP contribution in [-0.4, -0.2) is 39.3 Å². The van der Waals surface area contributed by atoms with E-state index in [4.69, 9.17) is 4.74 Å². The molecule has 2 unspecified atom stereocenters. The summed E-state index contributed by atoms with van der Waals surface area (Å²) in [6.07, 6.45) is 2.56. The lowest BCUT2D eigenvalue weighted by Crippen LogP contribution is -2.39. The smallest absolute Gasteiger partial charge is 0.246 e. The molecular weight excluding hydrogens is 254 g/mol. The van der Waals surface area contributed by atoms with Crippen molar-refractivity contribution < 1.29 is 9.53 Å². The molecule has 5 nitrogen and oxygen atoms in total. The molecule has 0 aliphatic carbocycles. The SMILES string of the molecule is CNC1C(=O)Nc2cc(N3CCCC(OC)C3)ccc21. The third-order valence-electron chi connectivity index (χ3n) is 4.23. The number of amides is 1. The number of hydrogen-bond donors (Lipinski definition) is 2. The Morgan fingerprint density at radius 1 is 1.45 bits per heavy atom. The molecular formula is C15H21N3O2. The maximum absolute atomic E-state index is 11.8. The maximum Gasteiger partial charge on any atom is 0.246 e. The van der Waals surface area contributed by atoms with E-state index >= 15 is 0 Å². The van der Waals surface area contributed by atoms with Crippen LogP contribution in [0.1, 0.15) is 24.4 Å². The molecule has 1 aromatic rings. The van der Waals surface area contributed by atoms with Crippen molar-refractivity contribution in [2.24, 2.45) is 0 Å². The first kappa shape index (κ1) is 13.4. The van der Waals surface area contributed by atoms with Gasteiger partial charge in [0.25, 0.3) is 0 Å². The molecule has 0 aromatic heterocycles. The highest BCUT2D eigenvalue weighted by Gasteiger charge is 2.30. The Labute approximate surface area is 119 Å². The summed E-state index contributed by atoms with van der Waals surface area (Å²) in [5.41, 5.74) is 3.11. The van der Waals surface area contributed by atoms with E-state index in [-0.39, 0.29) is 11.9 Å². The Morgan fingerprint density at radius 3 is 3.05 bits per heavy atom. The molecule has 1 fully saturated rings. The molecule has 1 saturated heterocycles. The van der Waals surface area contributed by atoms with E-state index in [1.165, 1.54) is 0 Å². The topological polar surface area (TPSA) is 53.6 Å². The van der Waals surface area contributed by atoms with Gasteiger partial charge in [0.05, 0.1) is 6.10 Å². The van der Waals surface area contributed by atoms with Crippen LogP contribution in [-0.2, 0) is 9.53 Å². The highest BCUT2D eigenvalue weighted by Crippen LogP contribution is 2.34. The average Bonchev–Trinajstić information content (AvgIpc) is 2.81. The van der Waals surface area contributed by atoms with Crippen molar-refractivity contribution in [1.82, 2.24) is 5.32 Å². The zero-order chi connectivity index (χ0) is 14.1. The van der Waals surface area contributed by atoms with Gasteiger partial charge in [0, 0.05) is 37.1 Å². The largest absolute Gasteiger partial charge is 0.380 e. The number of piperidine rings is 1. The van der Waals surface area contributed by atoms with E-state index in [0.717, 1.165) is 42.9 Å². The van der Waals surface area contributed by atoms with Crippen LogP contribution in [0.5, 0.6) is 0 Å². The summed E-state index contributed by atoms with van der Waals surface area (Å²) in [6, 6.07) is 5.98. The Morgan fingerprint density at radius 2 is 2.30 bits per heavy atom. The molecule has 2 atom stereocenters. The Balaban J connectivity index is 1.83. The second-order valence-corrected chi connectivity index (χ2v) is 5.43. The van der Waals surface area contributed by atoms with Gasteiger partial charge in [-0.1, -0.05) is 6.07 Å². The normalized spacial score (nSPS) is 25.5. The van der Waals surface area contributed by atoms with Crippen LogP contribution in [0.2, 0.25) is 0 Å². The summed E-state index contributed by atoms with van der Waals surface area (Å²) in [7, 11) is 3.58. The average molecular weight is 275 g/mol. The second kappa shape index (κ2) is 5.42. The molecule has 2 aliphatic rings. The Bertz CT molecular complexity index is 518. The molecule has 2 heterocycles. The number of methoxy groups -OCH3 is 1. The number of rotatable bonds is 3. The predicted octanol–water partition coefficient (Wildman–Crippen LogP) is 1.51. The van der Waals surface area contributed by atoms with E-state index in [9.17, 15) is 4.79 Å². The van der Waals surface area contributed by atoms with Gasteiger partial charge in [-0.05, 0) is 32.0 Å². The fourth-order valence-corrected chi connectivity index (χ4v) is 3.10. The van der Waals surface area contributed by atoms with E-state index in [1.807, 2.05) is 6.07 Å². The lowest BCUT2D eigenvalue weighted by Gasteiger charge is -2.33. The number of benzene rings is 1. The minimum absolute atomic E-state index is 0.0214. The molecule has 20 heavy (non-hydrogen) atoms. The number of likely N-dealkylation sites (N-methyl/N-ethyl adjacent to an activating group) is 1. The first-order valence-electron chi connectivity index (χ1n) is 7.12. The molecule has 5 heteroatoms. The first-order chi connectivity index (χ1) is 9.72. The number of nitrogens with zero attached hydrogens (tertiary/aromatic N) is 1. The van der Waals surface area contributed by atoms with Crippen LogP contribution in [0.3, 0.4) is 0 Å². The van der Waals surface area contributed by atoms with Crippen LogP contribution < -0.4 is 15.5 Å². The molecule has 2 aliphatic heterocycles. The molecule has 0 saturated carbocycles. The number of carbonyl (C=O) groups is 1. The van der Waals surface area contributed by atoms with Gasteiger partial charge >= 0.3 is 0 Å². The van der Waals surface area contributed by atoms with Crippen molar-refractivity contribution in [2.75, 3.05) is 37.5 Å². The third-order valence-corrected chi connectivity index (χ3v) is 4.23. The van der Waals surface area contributed by atoms with Gasteiger partial charge in [0.1, 0.15) is 6.04 Å². The fraction of sp³-hybridized carbons (Fsp3) is 0.533. The zero-order valence-corrected chi connectivity index (χ0v) is 12.0. The number of fused-ring (bicyclic) bond motifs is 1. The van der Waals surface area contributed by atoms with E-state index in [1.54, 1.807) is 14.2 Å². The van der Waals surface area contributed by atoms with Gasteiger partial charge in [0.2, 0.25) is 5.91 Å². The summed E-state index contributed by atoms with van der Waals surface area (Å²) < 4.78 is 5.47. The standard InChI is InChI=1S/C15H21N3O2/c1-16-14-12-6-5-10(8-13(12)17-15(14)19)18-7-3-4-11(9-18)20-2/h5-6,8,11,14,16H,3-4,7,9H2,1-2H3,(H,17,19). The molecule has 0 spiro atoms.